The van der Waals surface area contributed by atoms with E-state index in [9.17, 15) is 4.79 Å². The summed E-state index contributed by atoms with van der Waals surface area (Å²) in [6.07, 6.45) is 5.98. The Kier molecular flexibility index (Phi) is 7.99. The molecule has 2 atom stereocenters. The van der Waals surface area contributed by atoms with Crippen LogP contribution in [0.15, 0.2) is 42.5 Å². The number of rotatable bonds is 4. The molecule has 0 aliphatic heterocycles. The lowest BCUT2D eigenvalue weighted by molar-refractivity contribution is -0.152. The lowest BCUT2D eigenvalue weighted by Gasteiger charge is -2.42. The van der Waals surface area contributed by atoms with E-state index < -0.39 is 13.2 Å². The summed E-state index contributed by atoms with van der Waals surface area (Å²) in [4.78, 5) is 36.4. The van der Waals surface area contributed by atoms with E-state index in [2.05, 4.69) is 17.1 Å². The molecule has 3 N–H and O–H groups in total. The summed E-state index contributed by atoms with van der Waals surface area (Å²) in [6.45, 7) is 2.28. The molecule has 0 amide bonds. The Morgan fingerprint density at radius 2 is 1.84 bits per heavy atom. The number of carbonyl (C=O) groups is 1. The first-order valence-corrected chi connectivity index (χ1v) is 9.53. The second-order valence-electron chi connectivity index (χ2n) is 5.95. The van der Waals surface area contributed by atoms with Crippen LogP contribution in [-0.2, 0) is 19.5 Å². The normalized spacial score (nSPS) is 22.9. The van der Waals surface area contributed by atoms with Gasteiger partial charge in [0.05, 0.1) is 6.61 Å². The van der Waals surface area contributed by atoms with Gasteiger partial charge in [-0.05, 0) is 39.4 Å². The number of likely N-dealkylation sites (N-methyl/N-ethyl adjacent to an activating group) is 1. The van der Waals surface area contributed by atoms with Crippen LogP contribution in [0.25, 0.3) is 0 Å². The van der Waals surface area contributed by atoms with Crippen LogP contribution < -0.4 is 0 Å². The van der Waals surface area contributed by atoms with Crippen molar-refractivity contribution in [2.75, 3.05) is 20.7 Å². The molecule has 1 aliphatic carbocycles. The summed E-state index contributed by atoms with van der Waals surface area (Å²) in [6, 6.07) is 10.0. The van der Waals surface area contributed by atoms with E-state index in [0.29, 0.717) is 6.61 Å². The van der Waals surface area contributed by atoms with E-state index in [0.717, 1.165) is 18.4 Å². The van der Waals surface area contributed by atoms with Crippen LogP contribution in [0.4, 0.5) is 0 Å². The minimum atomic E-state index is -4.64. The van der Waals surface area contributed by atoms with Crippen molar-refractivity contribution in [2.45, 2.75) is 31.2 Å². The van der Waals surface area contributed by atoms with E-state index in [1.165, 1.54) is 0 Å². The van der Waals surface area contributed by atoms with Crippen LogP contribution in [0.3, 0.4) is 0 Å². The fraction of sp³-hybridized carbons (Fsp3) is 0.471. The molecule has 0 unspecified atom stereocenters. The molecule has 0 fully saturated rings. The molecule has 8 heteroatoms. The molecule has 0 spiro atoms. The van der Waals surface area contributed by atoms with Crippen molar-refractivity contribution in [3.05, 3.63) is 48.0 Å². The first kappa shape index (κ1) is 21.5. The van der Waals surface area contributed by atoms with Crippen molar-refractivity contribution in [3.8, 4) is 0 Å². The Morgan fingerprint density at radius 3 is 2.32 bits per heavy atom. The summed E-state index contributed by atoms with van der Waals surface area (Å²) in [5.74, 6) is -0.116. The predicted molar refractivity (Wildman–Crippen MR) is 94.9 cm³/mol. The molecule has 0 saturated carbocycles. The van der Waals surface area contributed by atoms with Gasteiger partial charge in [0.2, 0.25) is 0 Å². The Morgan fingerprint density at radius 1 is 1.28 bits per heavy atom. The number of phosphoric acid groups is 1. The van der Waals surface area contributed by atoms with Crippen molar-refractivity contribution < 1.29 is 28.8 Å². The van der Waals surface area contributed by atoms with Gasteiger partial charge in [-0.3, -0.25) is 4.79 Å². The molecule has 1 aromatic carbocycles. The molecule has 0 radical (unpaired) electrons. The maximum atomic E-state index is 12.8. The largest absolute Gasteiger partial charge is 0.466 e. The van der Waals surface area contributed by atoms with Gasteiger partial charge in [-0.2, -0.15) is 0 Å². The molecule has 7 nitrogen and oxygen atoms in total. The van der Waals surface area contributed by atoms with E-state index in [1.54, 1.807) is 0 Å². The highest BCUT2D eigenvalue weighted by Gasteiger charge is 2.49. The lowest BCUT2D eigenvalue weighted by Crippen LogP contribution is -2.54. The van der Waals surface area contributed by atoms with Gasteiger partial charge in [0.25, 0.3) is 0 Å². The van der Waals surface area contributed by atoms with Crippen LogP contribution >= 0.6 is 7.82 Å². The zero-order valence-electron chi connectivity index (χ0n) is 14.7. The van der Waals surface area contributed by atoms with Crippen LogP contribution in [-0.4, -0.2) is 52.3 Å². The number of allylic oxidation sites excluding steroid dienone is 1. The summed E-state index contributed by atoms with van der Waals surface area (Å²) < 4.78 is 14.3. The van der Waals surface area contributed by atoms with E-state index in [-0.39, 0.29) is 12.0 Å². The maximum Gasteiger partial charge on any atom is 0.466 e. The number of benzene rings is 1. The Hall–Kier alpha value is -1.50. The first-order valence-electron chi connectivity index (χ1n) is 7.97. The van der Waals surface area contributed by atoms with Gasteiger partial charge in [-0.15, -0.1) is 0 Å². The van der Waals surface area contributed by atoms with Gasteiger partial charge in [0.15, 0.2) is 0 Å². The molecule has 25 heavy (non-hydrogen) atoms. The second-order valence-corrected chi connectivity index (χ2v) is 6.97. The fourth-order valence-electron chi connectivity index (χ4n) is 3.11. The highest BCUT2D eigenvalue weighted by molar-refractivity contribution is 7.45. The Bertz CT molecular complexity index is 619. The second kappa shape index (κ2) is 9.27. The summed E-state index contributed by atoms with van der Waals surface area (Å²) >= 11 is 0. The number of hydrogen-bond acceptors (Lipinski definition) is 4. The summed E-state index contributed by atoms with van der Waals surface area (Å²) in [5, 5.41) is 0. The van der Waals surface area contributed by atoms with Gasteiger partial charge in [0.1, 0.15) is 5.41 Å². The highest BCUT2D eigenvalue weighted by Crippen LogP contribution is 2.40. The van der Waals surface area contributed by atoms with Crippen molar-refractivity contribution in [1.82, 2.24) is 4.90 Å². The zero-order chi connectivity index (χ0) is 19.1. The molecular weight excluding hydrogens is 345 g/mol. The predicted octanol–water partition coefficient (Wildman–Crippen LogP) is 1.84. The summed E-state index contributed by atoms with van der Waals surface area (Å²) in [5.41, 5.74) is 0.441. The summed E-state index contributed by atoms with van der Waals surface area (Å²) in [7, 11) is -0.617. The third-order valence-corrected chi connectivity index (χ3v) is 4.01. The van der Waals surface area contributed by atoms with Crippen molar-refractivity contribution in [1.29, 1.82) is 0 Å². The van der Waals surface area contributed by atoms with E-state index >= 15 is 0 Å². The number of nitrogens with zero attached hydrogens (tertiary/aromatic N) is 1. The average Bonchev–Trinajstić information content (AvgIpc) is 2.54. The molecule has 0 aromatic heterocycles. The van der Waals surface area contributed by atoms with Crippen LogP contribution in [0.5, 0.6) is 0 Å². The van der Waals surface area contributed by atoms with Crippen LogP contribution in [0, 0.1) is 0 Å². The molecule has 2 rings (SSSR count). The van der Waals surface area contributed by atoms with Crippen molar-refractivity contribution in [2.24, 2.45) is 0 Å². The maximum absolute atomic E-state index is 12.8. The van der Waals surface area contributed by atoms with Gasteiger partial charge in [0, 0.05) is 6.04 Å². The zero-order valence-corrected chi connectivity index (χ0v) is 15.6. The minimum absolute atomic E-state index is 0.0256. The fourth-order valence-corrected chi connectivity index (χ4v) is 3.11. The Balaban J connectivity index is 0.000000550. The van der Waals surface area contributed by atoms with E-state index in [4.69, 9.17) is 24.0 Å². The van der Waals surface area contributed by atoms with Gasteiger partial charge in [-0.1, -0.05) is 42.5 Å². The molecule has 1 aromatic rings. The van der Waals surface area contributed by atoms with E-state index in [1.807, 2.05) is 51.4 Å². The number of ether oxygens (including phenoxy) is 1. The van der Waals surface area contributed by atoms with Gasteiger partial charge >= 0.3 is 13.8 Å². The minimum Gasteiger partial charge on any atom is -0.465 e. The monoisotopic (exact) mass is 371 g/mol. The molecule has 0 saturated heterocycles. The average molecular weight is 371 g/mol. The van der Waals surface area contributed by atoms with Crippen molar-refractivity contribution in [3.63, 3.8) is 0 Å². The SMILES string of the molecule is CCOC(=O)[C@]1(c2ccccc2)CCC=C[C@H]1N(C)C.O=P(O)(O)O. The Labute approximate surface area is 148 Å². The van der Waals surface area contributed by atoms with Crippen LogP contribution in [0.2, 0.25) is 0 Å². The number of hydrogen-bond donors (Lipinski definition) is 3. The number of esters is 1. The third kappa shape index (κ3) is 6.06. The van der Waals surface area contributed by atoms with Crippen LogP contribution in [0.1, 0.15) is 25.3 Å². The molecule has 0 heterocycles. The highest BCUT2D eigenvalue weighted by atomic mass is 31.2. The topological polar surface area (TPSA) is 107 Å². The molecule has 140 valence electrons. The quantitative estimate of drug-likeness (QED) is 0.421. The first-order chi connectivity index (χ1) is 11.6. The molecular formula is C17H26NO6P. The third-order valence-electron chi connectivity index (χ3n) is 4.01. The molecule has 1 aliphatic rings. The lowest BCUT2D eigenvalue weighted by atomic mass is 9.68. The standard InChI is InChI=1S/C17H23NO2.H3O4P/c1-4-20-16(19)17(14-10-6-5-7-11-14)13-9-8-12-15(17)18(2)3;1-5(2,3)4/h5-8,10-12,15H,4,9,13H2,1-3H3;(H3,1,2,3,4)/t15-,17+;/m1./s1. The van der Waals surface area contributed by atoms with Crippen molar-refractivity contribution >= 4 is 13.8 Å². The van der Waals surface area contributed by atoms with Gasteiger partial charge in [-0.25, -0.2) is 4.57 Å². The smallest absolute Gasteiger partial charge is 0.465 e. The molecule has 0 bridgehead atoms. The van der Waals surface area contributed by atoms with Gasteiger partial charge < -0.3 is 24.3 Å². The number of carbonyl (C=O) groups excluding carboxylic acids is 1.